The van der Waals surface area contributed by atoms with E-state index in [1.165, 1.54) is 32.8 Å². The summed E-state index contributed by atoms with van der Waals surface area (Å²) in [5.41, 5.74) is 11.6. The van der Waals surface area contributed by atoms with E-state index >= 15 is 0 Å². The fraction of sp³-hybridized carbons (Fsp3) is 0.0588. The highest BCUT2D eigenvalue weighted by Crippen LogP contribution is 2.59. The molecule has 0 fully saturated rings. The summed E-state index contributed by atoms with van der Waals surface area (Å²) in [4.78, 5) is 10.3. The molecule has 0 radical (unpaired) electrons. The molecule has 0 saturated heterocycles. The van der Waals surface area contributed by atoms with Gasteiger partial charge in [0.15, 0.2) is 5.82 Å². The second-order valence-corrected chi connectivity index (χ2v) is 15.0. The summed E-state index contributed by atoms with van der Waals surface area (Å²) in [7, 11) is 0. The van der Waals surface area contributed by atoms with Gasteiger partial charge in [0, 0.05) is 45.4 Å². The highest BCUT2D eigenvalue weighted by Gasteiger charge is 2.41. The van der Waals surface area contributed by atoms with Crippen molar-refractivity contribution in [2.45, 2.75) is 19.3 Å². The van der Waals surface area contributed by atoms with E-state index < -0.39 is 0 Å². The summed E-state index contributed by atoms with van der Waals surface area (Å²) in [5, 5.41) is 4.86. The first kappa shape index (κ1) is 31.5. The number of rotatable bonds is 4. The van der Waals surface area contributed by atoms with Gasteiger partial charge in [0.1, 0.15) is 0 Å². The molecule has 55 heavy (non-hydrogen) atoms. The van der Waals surface area contributed by atoms with Crippen LogP contribution < -0.4 is 4.74 Å². The molecule has 1 aromatic heterocycles. The Bertz CT molecular complexity index is 3000. The molecule has 11 rings (SSSR count). The molecule has 0 atom stereocenters. The Labute approximate surface area is 319 Å². The molecule has 0 spiro atoms. The van der Waals surface area contributed by atoms with Gasteiger partial charge in [0.05, 0.1) is 11.4 Å². The van der Waals surface area contributed by atoms with Gasteiger partial charge < -0.3 is 9.47 Å². The fourth-order valence-electron chi connectivity index (χ4n) is 8.58. The zero-order valence-corrected chi connectivity index (χ0v) is 30.4. The number of fused-ring (bicyclic) bond motifs is 9. The zero-order chi connectivity index (χ0) is 36.7. The van der Waals surface area contributed by atoms with E-state index in [0.29, 0.717) is 5.82 Å². The minimum Gasteiger partial charge on any atom is -0.541 e. The summed E-state index contributed by atoms with van der Waals surface area (Å²) in [6.45, 7) is 4.58. The summed E-state index contributed by atoms with van der Waals surface area (Å²) in [6, 6.07) is 59.7. The van der Waals surface area contributed by atoms with Gasteiger partial charge in [-0.25, -0.2) is 9.97 Å². The summed E-state index contributed by atoms with van der Waals surface area (Å²) >= 11 is 0. The SMILES string of the molecule is CC1(C)c2ccccc2-c2c1ccc1c2Oc2c(cccc2-c2ccc(-c3cc(-c4ccccc4)nc(-c4ccc5c(ccc6ccccc65)c4)n3)cc2)[OH+]1. The normalized spacial score (nSPS) is 13.3. The molecule has 4 nitrogen and oxygen atoms in total. The monoisotopic (exact) mass is 707 g/mol. The Morgan fingerprint density at radius 3 is 1.96 bits per heavy atom. The van der Waals surface area contributed by atoms with Crippen LogP contribution in [-0.4, -0.2) is 14.7 Å². The molecular weight excluding hydrogens is 673 g/mol. The Kier molecular flexibility index (Phi) is 6.86. The molecule has 0 unspecified atom stereocenters. The van der Waals surface area contributed by atoms with Gasteiger partial charge in [-0.3, -0.25) is 0 Å². The Balaban J connectivity index is 0.982. The number of nitrogens with zero attached hydrogens (tertiary/aromatic N) is 2. The van der Waals surface area contributed by atoms with Crippen molar-refractivity contribution in [3.05, 3.63) is 181 Å². The Morgan fingerprint density at radius 1 is 0.455 bits per heavy atom. The largest absolute Gasteiger partial charge is 0.541 e. The number of hydrogen-bond donors (Lipinski definition) is 0. The van der Waals surface area contributed by atoms with Crippen LogP contribution in [0.3, 0.4) is 0 Å². The van der Waals surface area contributed by atoms with Crippen LogP contribution in [0.1, 0.15) is 25.0 Å². The van der Waals surface area contributed by atoms with Crippen LogP contribution >= 0.6 is 0 Å². The summed E-state index contributed by atoms with van der Waals surface area (Å²) < 4.78 is 12.1. The first-order chi connectivity index (χ1) is 27.0. The van der Waals surface area contributed by atoms with Crippen LogP contribution in [-0.2, 0) is 5.41 Å². The predicted molar refractivity (Wildman–Crippen MR) is 224 cm³/mol. The molecule has 260 valence electrons. The first-order valence-electron chi connectivity index (χ1n) is 18.8. The van der Waals surface area contributed by atoms with Gasteiger partial charge in [-0.15, -0.1) is 0 Å². The molecule has 1 N–H and O–H groups in total. The quantitative estimate of drug-likeness (QED) is 0.135. The highest BCUT2D eigenvalue weighted by atomic mass is 16.6. The molecule has 0 bridgehead atoms. The maximum absolute atomic E-state index is 6.94. The third kappa shape index (κ3) is 4.99. The summed E-state index contributed by atoms with van der Waals surface area (Å²) in [5.74, 6) is 3.99. The number of hydrogen-bond acceptors (Lipinski definition) is 3. The maximum atomic E-state index is 6.94. The van der Waals surface area contributed by atoms with Crippen molar-refractivity contribution >= 4 is 21.5 Å². The molecule has 2 heterocycles. The molecule has 2 aliphatic rings. The smallest absolute Gasteiger partial charge is 0.305 e. The molecule has 9 aromatic rings. The number of para-hydroxylation sites is 1. The van der Waals surface area contributed by atoms with Crippen LogP contribution in [0.25, 0.3) is 77.7 Å². The molecular formula is C51H35N2O2+. The topological polar surface area (TPSA) is 47.8 Å². The van der Waals surface area contributed by atoms with Gasteiger partial charge >= 0.3 is 11.5 Å². The second kappa shape index (κ2) is 12.0. The lowest BCUT2D eigenvalue weighted by Gasteiger charge is -2.24. The number of aromatic nitrogens is 2. The highest BCUT2D eigenvalue weighted by molar-refractivity contribution is 6.08. The lowest BCUT2D eigenvalue weighted by Crippen LogP contribution is -2.15. The maximum Gasteiger partial charge on any atom is 0.305 e. The van der Waals surface area contributed by atoms with Crippen molar-refractivity contribution in [3.63, 3.8) is 0 Å². The third-order valence-electron chi connectivity index (χ3n) is 11.4. The van der Waals surface area contributed by atoms with Crippen LogP contribution in [0.5, 0.6) is 23.0 Å². The minimum atomic E-state index is -0.121. The van der Waals surface area contributed by atoms with Crippen molar-refractivity contribution in [1.82, 2.24) is 9.97 Å². The third-order valence-corrected chi connectivity index (χ3v) is 11.4. The van der Waals surface area contributed by atoms with Crippen molar-refractivity contribution < 1.29 is 9.47 Å². The van der Waals surface area contributed by atoms with Gasteiger partial charge in [-0.1, -0.05) is 147 Å². The first-order valence-corrected chi connectivity index (χ1v) is 18.8. The minimum absolute atomic E-state index is 0.121. The van der Waals surface area contributed by atoms with Gasteiger partial charge in [0.2, 0.25) is 11.5 Å². The zero-order valence-electron chi connectivity index (χ0n) is 30.4. The number of benzene rings is 8. The second-order valence-electron chi connectivity index (χ2n) is 15.0. The Morgan fingerprint density at radius 2 is 1.11 bits per heavy atom. The van der Waals surface area contributed by atoms with Crippen LogP contribution in [0, 0.1) is 0 Å². The van der Waals surface area contributed by atoms with Crippen LogP contribution in [0.4, 0.5) is 0 Å². The molecule has 1 aliphatic carbocycles. The van der Waals surface area contributed by atoms with E-state index in [1.54, 1.807) is 0 Å². The fourth-order valence-corrected chi connectivity index (χ4v) is 8.58. The van der Waals surface area contributed by atoms with Gasteiger partial charge in [-0.05, 0) is 68.1 Å². The van der Waals surface area contributed by atoms with Gasteiger partial charge in [0.25, 0.3) is 0 Å². The Hall–Kier alpha value is -7.04. The van der Waals surface area contributed by atoms with E-state index in [1.807, 2.05) is 24.3 Å². The average Bonchev–Trinajstić information content (AvgIpc) is 3.48. The van der Waals surface area contributed by atoms with Crippen LogP contribution in [0.15, 0.2) is 170 Å². The van der Waals surface area contributed by atoms with E-state index in [0.717, 1.165) is 73.2 Å². The summed E-state index contributed by atoms with van der Waals surface area (Å²) in [6.07, 6.45) is 0. The molecule has 1 aliphatic heterocycles. The van der Waals surface area contributed by atoms with Crippen molar-refractivity contribution in [2.75, 3.05) is 0 Å². The van der Waals surface area contributed by atoms with E-state index in [4.69, 9.17) is 19.4 Å². The molecule has 4 heteroatoms. The van der Waals surface area contributed by atoms with E-state index in [-0.39, 0.29) is 5.41 Å². The standard InChI is InChI=1S/C51H34N2O2/c1-51(2)41-17-9-8-15-40(41)47-42(51)27-28-46-49(47)55-48-39(16-10-18-45(48)54-46)32-19-22-34(23-20-32)44-30-43(33-12-4-3-5-13-33)52-50(53-44)36-25-26-38-35(29-36)24-21-31-11-6-7-14-37(31)38/h3-30H,1-2H3/p+1. The van der Waals surface area contributed by atoms with Gasteiger partial charge in [-0.2, -0.15) is 0 Å². The molecule has 0 saturated carbocycles. The lowest BCUT2D eigenvalue weighted by molar-refractivity contribution is 0.163. The molecule has 0 amide bonds. The number of ether oxygens (including phenoxy) is 2. The van der Waals surface area contributed by atoms with Crippen molar-refractivity contribution in [1.29, 1.82) is 0 Å². The average molecular weight is 708 g/mol. The predicted octanol–water partition coefficient (Wildman–Crippen LogP) is 13.5. The van der Waals surface area contributed by atoms with E-state index in [9.17, 15) is 0 Å². The van der Waals surface area contributed by atoms with Crippen molar-refractivity contribution in [3.8, 4) is 79.2 Å². The van der Waals surface area contributed by atoms with E-state index in [2.05, 4.69) is 159 Å². The van der Waals surface area contributed by atoms with Crippen LogP contribution in [0.2, 0.25) is 0 Å². The molecule has 8 aromatic carbocycles. The van der Waals surface area contributed by atoms with Crippen molar-refractivity contribution in [2.24, 2.45) is 0 Å². The number of aromatic hydroxyl groups is 2. The lowest BCUT2D eigenvalue weighted by atomic mass is 9.82.